The first kappa shape index (κ1) is 15.3. The van der Waals surface area contributed by atoms with Crippen molar-refractivity contribution < 1.29 is 14.7 Å². The van der Waals surface area contributed by atoms with E-state index in [4.69, 9.17) is 0 Å². The van der Waals surface area contributed by atoms with E-state index in [2.05, 4.69) is 5.32 Å². The molecule has 6 heteroatoms. The second kappa shape index (κ2) is 5.53. The Hall–Kier alpha value is -2.63. The highest BCUT2D eigenvalue weighted by Crippen LogP contribution is 2.32. The molecule has 1 unspecified atom stereocenters. The van der Waals surface area contributed by atoms with Crippen LogP contribution in [-0.2, 0) is 17.8 Å². The molecule has 0 aliphatic carbocycles. The Kier molecular flexibility index (Phi) is 3.67. The summed E-state index contributed by atoms with van der Waals surface area (Å²) < 4.78 is 1.89. The van der Waals surface area contributed by atoms with Crippen molar-refractivity contribution in [3.8, 4) is 0 Å². The fraction of sp³-hybridized carbons (Fsp3) is 0.353. The number of benzene rings is 1. The number of amides is 1. The van der Waals surface area contributed by atoms with E-state index in [9.17, 15) is 19.5 Å². The van der Waals surface area contributed by atoms with Crippen molar-refractivity contribution in [3.05, 3.63) is 45.2 Å². The Morgan fingerprint density at radius 2 is 2.13 bits per heavy atom. The summed E-state index contributed by atoms with van der Waals surface area (Å²) in [6.45, 7) is 3.88. The highest BCUT2D eigenvalue weighted by molar-refractivity contribution is 5.94. The predicted octanol–water partition coefficient (Wildman–Crippen LogP) is 1.84. The molecule has 0 saturated heterocycles. The summed E-state index contributed by atoms with van der Waals surface area (Å²) in [7, 11) is 0. The molecule has 0 saturated carbocycles. The van der Waals surface area contributed by atoms with Crippen LogP contribution in [0.3, 0.4) is 0 Å². The molecule has 120 valence electrons. The molecule has 1 aliphatic rings. The fourth-order valence-corrected chi connectivity index (χ4v) is 3.22. The molecule has 0 radical (unpaired) electrons. The average molecular weight is 314 g/mol. The summed E-state index contributed by atoms with van der Waals surface area (Å²) in [5.74, 6) is -1.32. The van der Waals surface area contributed by atoms with E-state index in [1.54, 1.807) is 12.1 Å². The van der Waals surface area contributed by atoms with Gasteiger partial charge in [-0.3, -0.25) is 9.59 Å². The lowest BCUT2D eigenvalue weighted by molar-refractivity contribution is -0.119. The predicted molar refractivity (Wildman–Crippen MR) is 85.7 cm³/mol. The molecule has 0 fully saturated rings. The van der Waals surface area contributed by atoms with Crippen LogP contribution in [0.1, 0.15) is 47.8 Å². The van der Waals surface area contributed by atoms with Crippen LogP contribution in [0.25, 0.3) is 10.9 Å². The topological polar surface area (TPSA) is 88.4 Å². The molecule has 1 atom stereocenters. The second-order valence-electron chi connectivity index (χ2n) is 5.98. The minimum Gasteiger partial charge on any atom is -0.477 e. The number of nitrogens with zero attached hydrogens (tertiary/aromatic N) is 1. The largest absolute Gasteiger partial charge is 0.477 e. The maximum absolute atomic E-state index is 12.4. The van der Waals surface area contributed by atoms with Gasteiger partial charge in [-0.25, -0.2) is 4.79 Å². The first-order valence-electron chi connectivity index (χ1n) is 7.57. The van der Waals surface area contributed by atoms with Gasteiger partial charge >= 0.3 is 5.97 Å². The number of nitrogens with one attached hydrogen (secondary N) is 1. The number of carbonyl (C=O) groups is 2. The quantitative estimate of drug-likeness (QED) is 0.905. The van der Waals surface area contributed by atoms with Gasteiger partial charge in [0.15, 0.2) is 0 Å². The number of hydrogen-bond acceptors (Lipinski definition) is 3. The summed E-state index contributed by atoms with van der Waals surface area (Å²) in [6.07, 6.45) is 3.11. The van der Waals surface area contributed by atoms with E-state index in [1.165, 1.54) is 13.1 Å². The van der Waals surface area contributed by atoms with Gasteiger partial charge in [0.1, 0.15) is 5.56 Å². The molecule has 1 amide bonds. The number of aromatic nitrogens is 1. The minimum atomic E-state index is -1.21. The molecule has 2 aromatic rings. The number of rotatable bonds is 3. The third-order valence-corrected chi connectivity index (χ3v) is 4.44. The first-order valence-corrected chi connectivity index (χ1v) is 7.57. The number of carboxylic acid groups (broad SMARTS) is 1. The summed E-state index contributed by atoms with van der Waals surface area (Å²) in [4.78, 5) is 34.9. The van der Waals surface area contributed by atoms with Crippen LogP contribution in [0.15, 0.2) is 23.1 Å². The lowest BCUT2D eigenvalue weighted by Gasteiger charge is -2.28. The molecular weight excluding hydrogens is 296 g/mol. The molecule has 1 aromatic heterocycles. The molecule has 2 heterocycles. The SMILES string of the molecule is CC(=O)NCc1ccc2c(=O)c(C(=O)O)cn3c2c1CCC3C. The van der Waals surface area contributed by atoms with E-state index in [0.29, 0.717) is 11.9 Å². The number of hydrogen-bond donors (Lipinski definition) is 2. The van der Waals surface area contributed by atoms with Crippen LogP contribution < -0.4 is 10.7 Å². The number of carboxylic acids is 1. The van der Waals surface area contributed by atoms with Crippen LogP contribution >= 0.6 is 0 Å². The Bertz CT molecular complexity index is 882. The molecule has 0 spiro atoms. The van der Waals surface area contributed by atoms with E-state index < -0.39 is 11.4 Å². The van der Waals surface area contributed by atoms with Gasteiger partial charge in [-0.15, -0.1) is 0 Å². The third kappa shape index (κ3) is 2.50. The first-order chi connectivity index (χ1) is 10.9. The zero-order valence-electron chi connectivity index (χ0n) is 13.0. The molecule has 0 bridgehead atoms. The molecule has 23 heavy (non-hydrogen) atoms. The summed E-state index contributed by atoms with van der Waals surface area (Å²) in [5.41, 5.74) is 2.12. The standard InChI is InChI=1S/C17H18N2O4/c1-9-3-5-12-11(7-18-10(2)20)4-6-13-15(12)19(9)8-14(16(13)21)17(22)23/h4,6,8-9H,3,5,7H2,1-2H3,(H,18,20)(H,22,23). The zero-order chi connectivity index (χ0) is 16.7. The van der Waals surface area contributed by atoms with Crippen molar-refractivity contribution >= 4 is 22.8 Å². The fourth-order valence-electron chi connectivity index (χ4n) is 3.22. The maximum atomic E-state index is 12.4. The van der Waals surface area contributed by atoms with Gasteiger partial charge in [-0.1, -0.05) is 6.07 Å². The molecule has 1 aromatic carbocycles. The average Bonchev–Trinajstić information content (AvgIpc) is 2.50. The van der Waals surface area contributed by atoms with E-state index in [0.717, 1.165) is 29.5 Å². The number of aryl methyl sites for hydroxylation is 1. The highest BCUT2D eigenvalue weighted by atomic mass is 16.4. The van der Waals surface area contributed by atoms with Crippen LogP contribution in [0.4, 0.5) is 0 Å². The molecule has 6 nitrogen and oxygen atoms in total. The van der Waals surface area contributed by atoms with Crippen LogP contribution in [0, 0.1) is 0 Å². The van der Waals surface area contributed by atoms with Gasteiger partial charge < -0.3 is 15.0 Å². The van der Waals surface area contributed by atoms with Crippen molar-refractivity contribution in [2.45, 2.75) is 39.3 Å². The smallest absolute Gasteiger partial charge is 0.341 e. The summed E-state index contributed by atoms with van der Waals surface area (Å²) in [6, 6.07) is 3.60. The Labute approximate surface area is 132 Å². The van der Waals surface area contributed by atoms with Gasteiger partial charge in [-0.05, 0) is 37.0 Å². The van der Waals surface area contributed by atoms with Crippen molar-refractivity contribution in [2.24, 2.45) is 0 Å². The maximum Gasteiger partial charge on any atom is 0.341 e. The number of aromatic carboxylic acids is 1. The lowest BCUT2D eigenvalue weighted by Crippen LogP contribution is -2.26. The van der Waals surface area contributed by atoms with Crippen molar-refractivity contribution in [1.82, 2.24) is 9.88 Å². The van der Waals surface area contributed by atoms with E-state index in [1.807, 2.05) is 11.5 Å². The monoisotopic (exact) mass is 314 g/mol. The van der Waals surface area contributed by atoms with Crippen LogP contribution in [-0.4, -0.2) is 21.6 Å². The van der Waals surface area contributed by atoms with Crippen molar-refractivity contribution in [2.75, 3.05) is 0 Å². The lowest BCUT2D eigenvalue weighted by atomic mass is 9.92. The summed E-state index contributed by atoms with van der Waals surface area (Å²) >= 11 is 0. The van der Waals surface area contributed by atoms with Crippen molar-refractivity contribution in [1.29, 1.82) is 0 Å². The minimum absolute atomic E-state index is 0.111. The highest BCUT2D eigenvalue weighted by Gasteiger charge is 2.24. The van der Waals surface area contributed by atoms with E-state index >= 15 is 0 Å². The second-order valence-corrected chi connectivity index (χ2v) is 5.98. The summed E-state index contributed by atoms with van der Waals surface area (Å²) in [5, 5.41) is 12.5. The van der Waals surface area contributed by atoms with Crippen LogP contribution in [0.5, 0.6) is 0 Å². The Morgan fingerprint density at radius 1 is 1.39 bits per heavy atom. The Morgan fingerprint density at radius 3 is 2.78 bits per heavy atom. The zero-order valence-corrected chi connectivity index (χ0v) is 13.0. The van der Waals surface area contributed by atoms with Gasteiger partial charge in [0.25, 0.3) is 0 Å². The van der Waals surface area contributed by atoms with E-state index in [-0.39, 0.29) is 17.5 Å². The van der Waals surface area contributed by atoms with Gasteiger partial charge in [-0.2, -0.15) is 0 Å². The van der Waals surface area contributed by atoms with Gasteiger partial charge in [0.05, 0.1) is 5.52 Å². The Balaban J connectivity index is 2.29. The molecular formula is C17H18N2O4. The van der Waals surface area contributed by atoms with Gasteiger partial charge in [0, 0.05) is 31.1 Å². The molecule has 1 aliphatic heterocycles. The molecule has 2 N–H and O–H groups in total. The molecule has 3 rings (SSSR count). The number of pyridine rings is 1. The number of carbonyl (C=O) groups excluding carboxylic acids is 1. The van der Waals surface area contributed by atoms with Crippen molar-refractivity contribution in [3.63, 3.8) is 0 Å². The van der Waals surface area contributed by atoms with Crippen LogP contribution in [0.2, 0.25) is 0 Å². The third-order valence-electron chi connectivity index (χ3n) is 4.44. The van der Waals surface area contributed by atoms with Gasteiger partial charge in [0.2, 0.25) is 11.3 Å². The normalized spacial score (nSPS) is 16.3.